The largest absolute Gasteiger partial charge is 0.440 e. The van der Waals surface area contributed by atoms with Crippen LogP contribution >= 0.6 is 0 Å². The first-order valence-corrected chi connectivity index (χ1v) is 4.63. The van der Waals surface area contributed by atoms with Gasteiger partial charge in [-0.1, -0.05) is 0 Å². The Morgan fingerprint density at radius 3 is 2.75 bits per heavy atom. The van der Waals surface area contributed by atoms with Gasteiger partial charge >= 0.3 is 12.3 Å². The topological polar surface area (TPSA) is 67.4 Å². The highest BCUT2D eigenvalue weighted by molar-refractivity contribution is 5.77. The van der Waals surface area contributed by atoms with Gasteiger partial charge in [0.25, 0.3) is 0 Å². The molecule has 0 radical (unpaired) electrons. The molecule has 8 heteroatoms. The lowest BCUT2D eigenvalue weighted by molar-refractivity contribution is -0.160. The number of amides is 2. The molecule has 0 aromatic carbocycles. The number of hydrogen-bond acceptors (Lipinski definition) is 3. The molecular formula is C8H11F3N2O3. The van der Waals surface area contributed by atoms with Gasteiger partial charge in [0, 0.05) is 13.0 Å². The molecule has 0 aromatic heterocycles. The van der Waals surface area contributed by atoms with Crippen molar-refractivity contribution in [3.63, 3.8) is 0 Å². The van der Waals surface area contributed by atoms with E-state index in [2.05, 4.69) is 15.4 Å². The summed E-state index contributed by atoms with van der Waals surface area (Å²) < 4.78 is 39.0. The van der Waals surface area contributed by atoms with Crippen molar-refractivity contribution in [1.82, 2.24) is 10.6 Å². The Hall–Kier alpha value is -1.47. The van der Waals surface area contributed by atoms with Gasteiger partial charge in [0.05, 0.1) is 6.04 Å². The monoisotopic (exact) mass is 240 g/mol. The molecule has 1 fully saturated rings. The van der Waals surface area contributed by atoms with E-state index in [-0.39, 0.29) is 24.9 Å². The minimum atomic E-state index is -4.53. The molecule has 0 saturated carbocycles. The van der Waals surface area contributed by atoms with Crippen molar-refractivity contribution in [2.24, 2.45) is 0 Å². The van der Waals surface area contributed by atoms with E-state index in [0.717, 1.165) is 0 Å². The summed E-state index contributed by atoms with van der Waals surface area (Å²) in [7, 11) is 0. The van der Waals surface area contributed by atoms with E-state index in [0.29, 0.717) is 6.42 Å². The van der Waals surface area contributed by atoms with E-state index in [1.807, 2.05) is 0 Å². The summed E-state index contributed by atoms with van der Waals surface area (Å²) in [5, 5.41) is 4.71. The zero-order chi connectivity index (χ0) is 12.2. The minimum Gasteiger partial charge on any atom is -0.440 e. The summed E-state index contributed by atoms with van der Waals surface area (Å²) in [4.78, 5) is 21.6. The second-order valence-corrected chi connectivity index (χ2v) is 3.38. The zero-order valence-corrected chi connectivity index (χ0v) is 8.26. The number of alkyl carbamates (subject to hydrolysis) is 1. The molecule has 1 rings (SSSR count). The number of nitrogens with one attached hydrogen (secondary N) is 2. The Morgan fingerprint density at radius 1 is 1.56 bits per heavy atom. The lowest BCUT2D eigenvalue weighted by Crippen LogP contribution is -2.48. The summed E-state index contributed by atoms with van der Waals surface area (Å²) in [6.07, 6.45) is -5.02. The average molecular weight is 240 g/mol. The fourth-order valence-corrected chi connectivity index (χ4v) is 1.21. The maximum absolute atomic E-state index is 11.7. The van der Waals surface area contributed by atoms with Crippen LogP contribution in [0.15, 0.2) is 0 Å². The fourth-order valence-electron chi connectivity index (χ4n) is 1.21. The number of ether oxygens (including phenoxy) is 1. The molecular weight excluding hydrogens is 229 g/mol. The number of rotatable bonds is 2. The van der Waals surface area contributed by atoms with E-state index < -0.39 is 18.9 Å². The number of hydrogen-bond donors (Lipinski definition) is 2. The van der Waals surface area contributed by atoms with E-state index in [4.69, 9.17) is 0 Å². The SMILES string of the molecule is O=C1CCC(NC(=O)OCC(F)(F)F)CN1. The highest BCUT2D eigenvalue weighted by Crippen LogP contribution is 2.14. The van der Waals surface area contributed by atoms with Crippen LogP contribution in [0.25, 0.3) is 0 Å². The summed E-state index contributed by atoms with van der Waals surface area (Å²) in [6, 6.07) is -0.376. The lowest BCUT2D eigenvalue weighted by atomic mass is 10.1. The number of carbonyl (C=O) groups excluding carboxylic acids is 2. The average Bonchev–Trinajstić information content (AvgIpc) is 2.18. The molecule has 2 N–H and O–H groups in total. The molecule has 5 nitrogen and oxygen atoms in total. The Morgan fingerprint density at radius 2 is 2.25 bits per heavy atom. The van der Waals surface area contributed by atoms with Crippen LogP contribution in [0.5, 0.6) is 0 Å². The summed E-state index contributed by atoms with van der Waals surface area (Å²) >= 11 is 0. The molecule has 1 aliphatic heterocycles. The van der Waals surface area contributed by atoms with Gasteiger partial charge in [0.15, 0.2) is 6.61 Å². The normalized spacial score (nSPS) is 21.2. The van der Waals surface area contributed by atoms with E-state index in [1.54, 1.807) is 0 Å². The van der Waals surface area contributed by atoms with E-state index in [1.165, 1.54) is 0 Å². The fraction of sp³-hybridized carbons (Fsp3) is 0.750. The van der Waals surface area contributed by atoms with Crippen LogP contribution in [0, 0.1) is 0 Å². The Balaban J connectivity index is 2.22. The molecule has 16 heavy (non-hydrogen) atoms. The van der Waals surface area contributed by atoms with E-state index >= 15 is 0 Å². The highest BCUT2D eigenvalue weighted by atomic mass is 19.4. The van der Waals surface area contributed by atoms with Gasteiger partial charge < -0.3 is 15.4 Å². The lowest BCUT2D eigenvalue weighted by Gasteiger charge is -2.23. The second kappa shape index (κ2) is 5.04. The third-order valence-electron chi connectivity index (χ3n) is 1.95. The zero-order valence-electron chi connectivity index (χ0n) is 8.26. The third-order valence-corrected chi connectivity index (χ3v) is 1.95. The molecule has 1 saturated heterocycles. The second-order valence-electron chi connectivity index (χ2n) is 3.38. The standard InChI is InChI=1S/C8H11F3N2O3/c9-8(10,11)4-16-7(15)13-5-1-2-6(14)12-3-5/h5H,1-4H2,(H,12,14)(H,13,15). The van der Waals surface area contributed by atoms with Crippen molar-refractivity contribution in [2.45, 2.75) is 25.1 Å². The predicted octanol–water partition coefficient (Wildman–Crippen LogP) is 0.554. The first-order valence-electron chi connectivity index (χ1n) is 4.63. The van der Waals surface area contributed by atoms with Crippen LogP contribution in [-0.2, 0) is 9.53 Å². The smallest absolute Gasteiger partial charge is 0.422 e. The van der Waals surface area contributed by atoms with Crippen molar-refractivity contribution >= 4 is 12.0 Å². The Bertz CT molecular complexity index is 270. The van der Waals surface area contributed by atoms with Gasteiger partial charge in [-0.05, 0) is 6.42 Å². The van der Waals surface area contributed by atoms with Crippen LogP contribution in [0.2, 0.25) is 0 Å². The van der Waals surface area contributed by atoms with Crippen molar-refractivity contribution in [3.05, 3.63) is 0 Å². The minimum absolute atomic E-state index is 0.137. The number of alkyl halides is 3. The molecule has 1 heterocycles. The molecule has 0 aromatic rings. The number of halogens is 3. The van der Waals surface area contributed by atoms with Crippen LogP contribution in [0.4, 0.5) is 18.0 Å². The van der Waals surface area contributed by atoms with Crippen LogP contribution in [-0.4, -0.2) is 37.4 Å². The van der Waals surface area contributed by atoms with Crippen LogP contribution in [0.3, 0.4) is 0 Å². The van der Waals surface area contributed by atoms with Crippen molar-refractivity contribution in [3.8, 4) is 0 Å². The summed E-state index contributed by atoms with van der Waals surface area (Å²) in [5.41, 5.74) is 0. The van der Waals surface area contributed by atoms with Crippen LogP contribution < -0.4 is 10.6 Å². The number of carbonyl (C=O) groups is 2. The first-order chi connectivity index (χ1) is 7.37. The van der Waals surface area contributed by atoms with Crippen molar-refractivity contribution in [2.75, 3.05) is 13.2 Å². The van der Waals surface area contributed by atoms with Gasteiger partial charge in [-0.15, -0.1) is 0 Å². The molecule has 2 amide bonds. The van der Waals surface area contributed by atoms with E-state index in [9.17, 15) is 22.8 Å². The molecule has 1 unspecified atom stereocenters. The van der Waals surface area contributed by atoms with Gasteiger partial charge in [-0.2, -0.15) is 13.2 Å². The van der Waals surface area contributed by atoms with Gasteiger partial charge in [0.1, 0.15) is 0 Å². The van der Waals surface area contributed by atoms with Crippen molar-refractivity contribution < 1.29 is 27.5 Å². The van der Waals surface area contributed by atoms with Gasteiger partial charge in [0.2, 0.25) is 5.91 Å². The molecule has 0 bridgehead atoms. The molecule has 1 atom stereocenters. The van der Waals surface area contributed by atoms with Crippen LogP contribution in [0.1, 0.15) is 12.8 Å². The molecule has 0 spiro atoms. The predicted molar refractivity (Wildman–Crippen MR) is 46.6 cm³/mol. The number of piperidine rings is 1. The molecule has 92 valence electrons. The quantitative estimate of drug-likeness (QED) is 0.740. The Kier molecular flexibility index (Phi) is 3.97. The third kappa shape index (κ3) is 4.85. The summed E-state index contributed by atoms with van der Waals surface area (Å²) in [5.74, 6) is -0.137. The first kappa shape index (κ1) is 12.6. The Labute approximate surface area is 89.3 Å². The van der Waals surface area contributed by atoms with Gasteiger partial charge in [-0.25, -0.2) is 4.79 Å². The summed E-state index contributed by atoms with van der Waals surface area (Å²) in [6.45, 7) is -1.40. The highest BCUT2D eigenvalue weighted by Gasteiger charge is 2.30. The molecule has 0 aliphatic carbocycles. The maximum Gasteiger partial charge on any atom is 0.422 e. The van der Waals surface area contributed by atoms with Gasteiger partial charge in [-0.3, -0.25) is 4.79 Å². The maximum atomic E-state index is 11.7. The van der Waals surface area contributed by atoms with Crippen molar-refractivity contribution in [1.29, 1.82) is 0 Å². The molecule has 1 aliphatic rings.